The second kappa shape index (κ2) is 11.5. The number of likely N-dealkylation sites (tertiary alicyclic amines) is 1. The van der Waals surface area contributed by atoms with Gasteiger partial charge in [0.1, 0.15) is 0 Å². The quantitative estimate of drug-likeness (QED) is 0.346. The first kappa shape index (κ1) is 28.5. The fraction of sp³-hybridized carbons (Fsp3) is 0.848. The lowest BCUT2D eigenvalue weighted by molar-refractivity contribution is -0.116. The topological polar surface area (TPSA) is 59.0 Å². The first-order chi connectivity index (χ1) is 18.4. The lowest BCUT2D eigenvalue weighted by Crippen LogP contribution is -2.50. The summed E-state index contributed by atoms with van der Waals surface area (Å²) in [6.07, 6.45) is 13.7. The summed E-state index contributed by atoms with van der Waals surface area (Å²) in [6.45, 7) is 14.7. The molecule has 6 aliphatic rings. The minimum absolute atomic E-state index is 0.0261. The molecule has 4 aliphatic carbocycles. The Morgan fingerprint density at radius 2 is 1.97 bits per heavy atom. The number of allylic oxidation sites excluding steroid dienone is 3. The molecule has 2 aliphatic heterocycles. The maximum absolute atomic E-state index is 12.2. The molecule has 1 spiro atoms. The van der Waals surface area contributed by atoms with Crippen molar-refractivity contribution >= 4 is 5.78 Å². The van der Waals surface area contributed by atoms with Gasteiger partial charge in [0, 0.05) is 24.9 Å². The Hall–Kier alpha value is -1.01. The lowest BCUT2D eigenvalue weighted by atomic mass is 9.56. The molecular weight excluding hydrogens is 474 g/mol. The molecule has 6 rings (SSSR count). The molecule has 0 aromatic carbocycles. The van der Waals surface area contributed by atoms with Gasteiger partial charge in [-0.15, -0.1) is 0 Å². The van der Waals surface area contributed by atoms with Crippen molar-refractivity contribution in [2.24, 2.45) is 29.1 Å². The number of aliphatic hydroxyl groups is 1. The molecule has 5 nitrogen and oxygen atoms in total. The van der Waals surface area contributed by atoms with Crippen LogP contribution in [0.1, 0.15) is 98.8 Å². The average Bonchev–Trinajstić information content (AvgIpc) is 3.39. The monoisotopic (exact) mass is 527 g/mol. The maximum atomic E-state index is 12.2. The number of piperidine rings is 1. The maximum Gasteiger partial charge on any atom is 0.155 e. The van der Waals surface area contributed by atoms with Crippen molar-refractivity contribution < 1.29 is 19.4 Å². The third-order valence-electron chi connectivity index (χ3n) is 11.7. The van der Waals surface area contributed by atoms with E-state index in [-0.39, 0.29) is 17.6 Å². The van der Waals surface area contributed by atoms with Crippen molar-refractivity contribution in [1.29, 1.82) is 0 Å². The van der Waals surface area contributed by atoms with Gasteiger partial charge in [-0.05, 0) is 101 Å². The summed E-state index contributed by atoms with van der Waals surface area (Å²) in [6, 6.07) is 0.487. The first-order valence-electron chi connectivity index (χ1n) is 15.9. The summed E-state index contributed by atoms with van der Waals surface area (Å²) >= 11 is 0. The van der Waals surface area contributed by atoms with Crippen molar-refractivity contribution in [2.45, 2.75) is 117 Å². The van der Waals surface area contributed by atoms with Crippen LogP contribution in [-0.2, 0) is 14.3 Å². The second-order valence-electron chi connectivity index (χ2n) is 13.2. The summed E-state index contributed by atoms with van der Waals surface area (Å²) in [5.74, 6) is 3.09. The van der Waals surface area contributed by atoms with Crippen LogP contribution >= 0.6 is 0 Å². The van der Waals surface area contributed by atoms with E-state index in [0.717, 1.165) is 44.7 Å². The molecular formula is C33H53NO4. The number of aliphatic hydroxyl groups excluding tert-OH is 1. The highest BCUT2D eigenvalue weighted by Crippen LogP contribution is 2.64. The Labute approximate surface area is 231 Å². The number of rotatable bonds is 5. The first-order valence-corrected chi connectivity index (χ1v) is 15.9. The zero-order valence-corrected chi connectivity index (χ0v) is 24.8. The Kier molecular flexibility index (Phi) is 8.60. The molecule has 1 N–H and O–H groups in total. The molecule has 8 atom stereocenters. The average molecular weight is 528 g/mol. The van der Waals surface area contributed by atoms with Gasteiger partial charge in [-0.1, -0.05) is 44.4 Å². The van der Waals surface area contributed by atoms with Crippen LogP contribution < -0.4 is 0 Å². The van der Waals surface area contributed by atoms with Gasteiger partial charge in [-0.2, -0.15) is 0 Å². The van der Waals surface area contributed by atoms with Crippen LogP contribution in [0.3, 0.4) is 0 Å². The number of hydrogen-bond donors (Lipinski definition) is 1. The van der Waals surface area contributed by atoms with E-state index < -0.39 is 0 Å². The van der Waals surface area contributed by atoms with Gasteiger partial charge in [-0.25, -0.2) is 0 Å². The Balaban J connectivity index is 0.00000144. The summed E-state index contributed by atoms with van der Waals surface area (Å²) in [5.41, 5.74) is 5.06. The molecule has 214 valence electrons. The molecule has 0 bridgehead atoms. The number of ketones is 1. The smallest absolute Gasteiger partial charge is 0.155 e. The minimum atomic E-state index is -0.0261. The number of carbonyl (C=O) groups is 1. The standard InChI is InChI=1S/C31H47NO4.C2H6/c1-20-19-31(21(2)29-28(36-31)5-4-12-32(29)13-15-35-16-14-33)11-9-24-25-7-6-22-17-23(34)8-10-30(22,3)27(25)18-26(20)24;1-2/h17,21,24-25,27-29,33H,4-16,18-19H2,1-3H3;1-2H3. The molecule has 0 radical (unpaired) electrons. The zero-order valence-electron chi connectivity index (χ0n) is 24.8. The van der Waals surface area contributed by atoms with Crippen LogP contribution in [0.25, 0.3) is 0 Å². The molecule has 4 fully saturated rings. The predicted octanol–water partition coefficient (Wildman–Crippen LogP) is 6.10. The Morgan fingerprint density at radius 1 is 1.16 bits per heavy atom. The normalized spacial score (nSPS) is 42.5. The van der Waals surface area contributed by atoms with E-state index in [1.54, 1.807) is 11.1 Å². The number of ether oxygens (including phenoxy) is 2. The summed E-state index contributed by atoms with van der Waals surface area (Å²) in [4.78, 5) is 14.8. The van der Waals surface area contributed by atoms with E-state index in [0.29, 0.717) is 48.9 Å². The van der Waals surface area contributed by atoms with Gasteiger partial charge in [0.15, 0.2) is 5.78 Å². The van der Waals surface area contributed by atoms with Gasteiger partial charge in [-0.3, -0.25) is 9.69 Å². The van der Waals surface area contributed by atoms with Crippen LogP contribution in [0, 0.1) is 29.1 Å². The van der Waals surface area contributed by atoms with Crippen LogP contribution in [-0.4, -0.2) is 66.4 Å². The number of fused-ring (bicyclic) bond motifs is 6. The molecule has 2 heterocycles. The minimum Gasteiger partial charge on any atom is -0.394 e. The summed E-state index contributed by atoms with van der Waals surface area (Å²) in [7, 11) is 0. The largest absolute Gasteiger partial charge is 0.394 e. The second-order valence-corrected chi connectivity index (χ2v) is 13.2. The van der Waals surface area contributed by atoms with Crippen molar-refractivity contribution in [2.75, 3.05) is 32.9 Å². The lowest BCUT2D eigenvalue weighted by Gasteiger charge is -2.48. The number of hydrogen-bond acceptors (Lipinski definition) is 5. The highest BCUT2D eigenvalue weighted by Gasteiger charge is 2.58. The van der Waals surface area contributed by atoms with Crippen LogP contribution in [0.4, 0.5) is 0 Å². The molecule has 0 aromatic rings. The fourth-order valence-electron chi connectivity index (χ4n) is 9.82. The van der Waals surface area contributed by atoms with E-state index >= 15 is 0 Å². The van der Waals surface area contributed by atoms with Crippen molar-refractivity contribution in [3.05, 3.63) is 22.8 Å². The molecule has 2 saturated heterocycles. The molecule has 0 aromatic heterocycles. The van der Waals surface area contributed by atoms with Gasteiger partial charge < -0.3 is 14.6 Å². The molecule has 5 heteroatoms. The van der Waals surface area contributed by atoms with E-state index in [1.807, 2.05) is 19.9 Å². The highest BCUT2D eigenvalue weighted by molar-refractivity contribution is 5.91. The van der Waals surface area contributed by atoms with Gasteiger partial charge in [0.25, 0.3) is 0 Å². The third-order valence-corrected chi connectivity index (χ3v) is 11.7. The number of carbonyl (C=O) groups excluding carboxylic acids is 1. The van der Waals surface area contributed by atoms with Gasteiger partial charge in [0.05, 0.1) is 31.5 Å². The molecule has 0 amide bonds. The van der Waals surface area contributed by atoms with Crippen LogP contribution in [0.15, 0.2) is 22.8 Å². The van der Waals surface area contributed by atoms with Gasteiger partial charge in [0.2, 0.25) is 0 Å². The highest BCUT2D eigenvalue weighted by atomic mass is 16.5. The van der Waals surface area contributed by atoms with Crippen LogP contribution in [0.5, 0.6) is 0 Å². The molecule has 2 saturated carbocycles. The van der Waals surface area contributed by atoms with Crippen molar-refractivity contribution in [3.8, 4) is 0 Å². The number of nitrogens with zero attached hydrogens (tertiary/aromatic N) is 1. The van der Waals surface area contributed by atoms with Crippen LogP contribution in [0.2, 0.25) is 0 Å². The fourth-order valence-corrected chi connectivity index (χ4v) is 9.82. The molecule has 38 heavy (non-hydrogen) atoms. The Bertz CT molecular complexity index is 941. The summed E-state index contributed by atoms with van der Waals surface area (Å²) < 4.78 is 12.8. The zero-order chi connectivity index (χ0) is 27.1. The van der Waals surface area contributed by atoms with Gasteiger partial charge >= 0.3 is 0 Å². The van der Waals surface area contributed by atoms with E-state index in [4.69, 9.17) is 14.6 Å². The third kappa shape index (κ3) is 4.78. The van der Waals surface area contributed by atoms with E-state index in [2.05, 4.69) is 25.7 Å². The SMILES string of the molecule is CC.CC1=C2CC3C(CCC4=CC(=O)CCC43C)C2CCC2(C1)OC1CCCN(CCOCCO)C1C2C. The Morgan fingerprint density at radius 3 is 2.76 bits per heavy atom. The van der Waals surface area contributed by atoms with E-state index in [9.17, 15) is 4.79 Å². The van der Waals surface area contributed by atoms with Crippen molar-refractivity contribution in [1.82, 2.24) is 4.90 Å². The predicted molar refractivity (Wildman–Crippen MR) is 152 cm³/mol. The molecule has 8 unspecified atom stereocenters. The summed E-state index contributed by atoms with van der Waals surface area (Å²) in [5, 5.41) is 9.06. The van der Waals surface area contributed by atoms with E-state index in [1.165, 1.54) is 44.1 Å². The van der Waals surface area contributed by atoms with Crippen molar-refractivity contribution in [3.63, 3.8) is 0 Å².